The van der Waals surface area contributed by atoms with Crippen molar-refractivity contribution in [3.63, 3.8) is 0 Å². The number of benzene rings is 2. The molecular weight excluding hydrogens is 352 g/mol. The van der Waals surface area contributed by atoms with Gasteiger partial charge in [0.2, 0.25) is 0 Å². The Bertz CT molecular complexity index is 762. The van der Waals surface area contributed by atoms with Crippen molar-refractivity contribution in [2.45, 2.75) is 13.0 Å². The summed E-state index contributed by atoms with van der Waals surface area (Å²) in [4.78, 5) is 24.9. The van der Waals surface area contributed by atoms with E-state index in [1.54, 1.807) is 6.07 Å². The molecule has 0 aliphatic carbocycles. The summed E-state index contributed by atoms with van der Waals surface area (Å²) in [6.07, 6.45) is -0.145. The average molecular weight is 368 g/mol. The van der Waals surface area contributed by atoms with Crippen LogP contribution in [0.3, 0.4) is 0 Å². The van der Waals surface area contributed by atoms with E-state index in [0.29, 0.717) is 5.56 Å². The van der Waals surface area contributed by atoms with Crippen LogP contribution in [0.5, 0.6) is 0 Å². The fourth-order valence-electron chi connectivity index (χ4n) is 2.13. The smallest absolute Gasteiger partial charge is 0.310 e. The number of amides is 1. The maximum atomic E-state index is 13.7. The Morgan fingerprint density at radius 2 is 1.88 bits per heavy atom. The van der Waals surface area contributed by atoms with Gasteiger partial charge in [0.1, 0.15) is 11.6 Å². The molecule has 25 heavy (non-hydrogen) atoms. The number of hydrogen-bond acceptors (Lipinski definition) is 3. The lowest BCUT2D eigenvalue weighted by Gasteiger charge is -2.18. The summed E-state index contributed by atoms with van der Waals surface area (Å²) in [5.41, 5.74) is 0.634. The molecule has 1 amide bonds. The molecule has 0 radical (unpaired) electrons. The van der Waals surface area contributed by atoms with E-state index in [9.17, 15) is 18.4 Å². The fourth-order valence-corrected chi connectivity index (χ4v) is 2.35. The van der Waals surface area contributed by atoms with Crippen molar-refractivity contribution in [3.8, 4) is 0 Å². The van der Waals surface area contributed by atoms with Crippen LogP contribution in [0.25, 0.3) is 0 Å². The van der Waals surface area contributed by atoms with Gasteiger partial charge in [-0.15, -0.1) is 0 Å². The van der Waals surface area contributed by atoms with Crippen LogP contribution in [-0.4, -0.2) is 30.4 Å². The van der Waals surface area contributed by atoms with E-state index in [4.69, 9.17) is 16.3 Å². The monoisotopic (exact) mass is 367 g/mol. The van der Waals surface area contributed by atoms with Crippen LogP contribution in [0.15, 0.2) is 42.5 Å². The summed E-state index contributed by atoms with van der Waals surface area (Å²) in [6, 6.07) is 9.79. The molecule has 0 atom stereocenters. The molecule has 2 aromatic carbocycles. The molecule has 0 N–H and O–H groups in total. The second-order valence-electron chi connectivity index (χ2n) is 5.42. The van der Waals surface area contributed by atoms with Gasteiger partial charge in [-0.05, 0) is 29.8 Å². The van der Waals surface area contributed by atoms with Crippen LogP contribution >= 0.6 is 11.6 Å². The molecule has 2 aromatic rings. The number of rotatable bonds is 6. The zero-order valence-corrected chi connectivity index (χ0v) is 14.2. The van der Waals surface area contributed by atoms with Gasteiger partial charge >= 0.3 is 5.97 Å². The van der Waals surface area contributed by atoms with Gasteiger partial charge in [0, 0.05) is 24.2 Å². The predicted octanol–water partition coefficient (Wildman–Crippen LogP) is 3.36. The third kappa shape index (κ3) is 5.53. The van der Waals surface area contributed by atoms with Crippen molar-refractivity contribution in [2.75, 3.05) is 13.7 Å². The van der Waals surface area contributed by atoms with Crippen molar-refractivity contribution < 1.29 is 23.1 Å². The Hall–Kier alpha value is -2.47. The summed E-state index contributed by atoms with van der Waals surface area (Å²) in [5.74, 6) is -2.14. The number of hydrogen-bond donors (Lipinski definition) is 0. The van der Waals surface area contributed by atoms with Crippen LogP contribution in [0.2, 0.25) is 5.02 Å². The minimum Gasteiger partial charge on any atom is -0.455 e. The van der Waals surface area contributed by atoms with Gasteiger partial charge in [-0.3, -0.25) is 9.59 Å². The van der Waals surface area contributed by atoms with Crippen LogP contribution in [-0.2, 0) is 27.3 Å². The number of ether oxygens (including phenoxy) is 1. The van der Waals surface area contributed by atoms with E-state index in [1.165, 1.54) is 48.3 Å². The molecule has 0 saturated carbocycles. The molecule has 2 rings (SSSR count). The minimum atomic E-state index is -0.656. The molecule has 7 heteroatoms. The molecule has 4 nitrogen and oxygen atoms in total. The Kier molecular flexibility index (Phi) is 6.47. The van der Waals surface area contributed by atoms with E-state index in [0.717, 1.165) is 0 Å². The molecule has 132 valence electrons. The van der Waals surface area contributed by atoms with Gasteiger partial charge < -0.3 is 9.64 Å². The summed E-state index contributed by atoms with van der Waals surface area (Å²) in [7, 11) is 1.45. The van der Waals surface area contributed by atoms with E-state index in [1.807, 2.05) is 0 Å². The maximum absolute atomic E-state index is 13.7. The normalized spacial score (nSPS) is 10.4. The van der Waals surface area contributed by atoms with Gasteiger partial charge in [0.15, 0.2) is 6.61 Å². The first kappa shape index (κ1) is 18.9. The van der Waals surface area contributed by atoms with Crippen molar-refractivity contribution >= 4 is 23.5 Å². The van der Waals surface area contributed by atoms with E-state index in [2.05, 4.69) is 0 Å². The third-order valence-electron chi connectivity index (χ3n) is 3.48. The Labute approximate surface area is 149 Å². The summed E-state index contributed by atoms with van der Waals surface area (Å²) < 4.78 is 31.7. The number of halogens is 3. The molecule has 0 aliphatic heterocycles. The van der Waals surface area contributed by atoms with Crippen molar-refractivity contribution in [1.82, 2.24) is 4.90 Å². The van der Waals surface area contributed by atoms with Crippen LogP contribution in [0.1, 0.15) is 11.1 Å². The van der Waals surface area contributed by atoms with Gasteiger partial charge in [0.25, 0.3) is 5.91 Å². The second-order valence-corrected chi connectivity index (χ2v) is 5.82. The van der Waals surface area contributed by atoms with E-state index >= 15 is 0 Å². The SMILES string of the molecule is CN(Cc1c(F)cccc1Cl)C(=O)COC(=O)Cc1cccc(F)c1. The van der Waals surface area contributed by atoms with Crippen LogP contribution in [0.4, 0.5) is 8.78 Å². The molecule has 0 saturated heterocycles. The molecule has 0 heterocycles. The lowest BCUT2D eigenvalue weighted by atomic mass is 10.1. The zero-order valence-electron chi connectivity index (χ0n) is 13.5. The van der Waals surface area contributed by atoms with Gasteiger partial charge in [-0.25, -0.2) is 8.78 Å². The first-order valence-corrected chi connectivity index (χ1v) is 7.81. The molecule has 0 spiro atoms. The molecule has 0 aliphatic rings. The lowest BCUT2D eigenvalue weighted by molar-refractivity contribution is -0.151. The molecular formula is C18H16ClF2NO3. The van der Waals surface area contributed by atoms with Crippen LogP contribution in [0, 0.1) is 11.6 Å². The molecule has 0 fully saturated rings. The first-order chi connectivity index (χ1) is 11.9. The highest BCUT2D eigenvalue weighted by Crippen LogP contribution is 2.20. The molecule has 0 aromatic heterocycles. The second kappa shape index (κ2) is 8.58. The molecule has 0 unspecified atom stereocenters. The largest absolute Gasteiger partial charge is 0.455 e. The summed E-state index contributed by atoms with van der Waals surface area (Å²) in [6.45, 7) is -0.539. The zero-order chi connectivity index (χ0) is 18.4. The Balaban J connectivity index is 1.86. The summed E-state index contributed by atoms with van der Waals surface area (Å²) >= 11 is 5.91. The Morgan fingerprint density at radius 3 is 2.56 bits per heavy atom. The third-order valence-corrected chi connectivity index (χ3v) is 3.83. The van der Waals surface area contributed by atoms with E-state index in [-0.39, 0.29) is 23.6 Å². The summed E-state index contributed by atoms with van der Waals surface area (Å²) in [5, 5.41) is 0.211. The topological polar surface area (TPSA) is 46.6 Å². The highest BCUT2D eigenvalue weighted by molar-refractivity contribution is 6.31. The number of likely N-dealkylation sites (N-methyl/N-ethyl adjacent to an activating group) is 1. The quantitative estimate of drug-likeness (QED) is 0.735. The van der Waals surface area contributed by atoms with E-state index < -0.39 is 30.1 Å². The fraction of sp³-hybridized carbons (Fsp3) is 0.222. The average Bonchev–Trinajstić information content (AvgIpc) is 2.56. The highest BCUT2D eigenvalue weighted by atomic mass is 35.5. The predicted molar refractivity (Wildman–Crippen MR) is 88.9 cm³/mol. The number of carbonyl (C=O) groups excluding carboxylic acids is 2. The van der Waals surface area contributed by atoms with Gasteiger partial charge in [-0.1, -0.05) is 29.8 Å². The first-order valence-electron chi connectivity index (χ1n) is 7.43. The van der Waals surface area contributed by atoms with Crippen molar-refractivity contribution in [3.05, 3.63) is 70.2 Å². The standard InChI is InChI=1S/C18H16ClF2NO3/c1-22(10-14-15(19)6-3-7-16(14)21)17(23)11-25-18(24)9-12-4-2-5-13(20)8-12/h2-8H,9-11H2,1H3. The van der Waals surface area contributed by atoms with Crippen molar-refractivity contribution in [2.24, 2.45) is 0 Å². The Morgan fingerprint density at radius 1 is 1.16 bits per heavy atom. The maximum Gasteiger partial charge on any atom is 0.310 e. The lowest BCUT2D eigenvalue weighted by Crippen LogP contribution is -2.31. The highest BCUT2D eigenvalue weighted by Gasteiger charge is 2.16. The number of nitrogens with zero attached hydrogens (tertiary/aromatic N) is 1. The van der Waals surface area contributed by atoms with Gasteiger partial charge in [-0.2, -0.15) is 0 Å². The number of esters is 1. The number of carbonyl (C=O) groups is 2. The van der Waals surface area contributed by atoms with Crippen LogP contribution < -0.4 is 0 Å². The molecule has 0 bridgehead atoms. The van der Waals surface area contributed by atoms with Crippen molar-refractivity contribution in [1.29, 1.82) is 0 Å². The minimum absolute atomic E-state index is 0.0498. The van der Waals surface area contributed by atoms with Gasteiger partial charge in [0.05, 0.1) is 6.42 Å².